The first-order valence-electron chi connectivity index (χ1n) is 7.00. The fourth-order valence-electron chi connectivity index (χ4n) is 2.17. The van der Waals surface area contributed by atoms with Gasteiger partial charge in [-0.15, -0.1) is 11.3 Å². The van der Waals surface area contributed by atoms with Crippen molar-refractivity contribution < 1.29 is 9.90 Å². The van der Waals surface area contributed by atoms with Gasteiger partial charge in [-0.05, 0) is 25.0 Å². The quantitative estimate of drug-likeness (QED) is 0.682. The minimum absolute atomic E-state index is 0.146. The first-order valence-corrected chi connectivity index (χ1v) is 8.20. The van der Waals surface area contributed by atoms with Gasteiger partial charge in [0, 0.05) is 23.2 Å². The van der Waals surface area contributed by atoms with E-state index in [1.807, 2.05) is 12.1 Å². The van der Waals surface area contributed by atoms with Crippen LogP contribution in [0.2, 0.25) is 5.02 Å². The lowest BCUT2D eigenvalue weighted by Gasteiger charge is -2.04. The van der Waals surface area contributed by atoms with Crippen molar-refractivity contribution in [2.45, 2.75) is 25.7 Å². The summed E-state index contributed by atoms with van der Waals surface area (Å²) in [7, 11) is 0. The molecule has 21 heavy (non-hydrogen) atoms. The second-order valence-electron chi connectivity index (χ2n) is 4.85. The van der Waals surface area contributed by atoms with Gasteiger partial charge >= 0.3 is 0 Å². The van der Waals surface area contributed by atoms with Gasteiger partial charge in [0.2, 0.25) is 0 Å². The summed E-state index contributed by atoms with van der Waals surface area (Å²) in [4.78, 5) is 12.7. The van der Waals surface area contributed by atoms with Gasteiger partial charge in [-0.1, -0.05) is 30.5 Å². The van der Waals surface area contributed by atoms with Gasteiger partial charge in [-0.3, -0.25) is 4.79 Å². The lowest BCUT2D eigenvalue weighted by atomic mass is 10.2. The molecule has 0 radical (unpaired) electrons. The highest BCUT2D eigenvalue weighted by Crippen LogP contribution is 2.37. The van der Waals surface area contributed by atoms with Crippen molar-refractivity contribution >= 4 is 44.6 Å². The van der Waals surface area contributed by atoms with Crippen LogP contribution >= 0.6 is 22.9 Å². The van der Waals surface area contributed by atoms with E-state index in [1.54, 1.807) is 6.07 Å². The van der Waals surface area contributed by atoms with E-state index in [1.165, 1.54) is 11.3 Å². The normalized spacial score (nSPS) is 11.0. The molecule has 1 heterocycles. The molecule has 4 N–H and O–H groups in total. The number of carbonyl (C=O) groups excluding carboxylic acids is 1. The molecule has 6 heteroatoms. The predicted octanol–water partition coefficient (Wildman–Crippen LogP) is 3.42. The van der Waals surface area contributed by atoms with E-state index in [2.05, 4.69) is 5.32 Å². The number of amides is 1. The molecule has 2 aromatic rings. The zero-order chi connectivity index (χ0) is 15.2. The number of hydrogen-bond donors (Lipinski definition) is 3. The summed E-state index contributed by atoms with van der Waals surface area (Å²) in [6, 6.07) is 5.53. The summed E-state index contributed by atoms with van der Waals surface area (Å²) < 4.78 is 0.924. The van der Waals surface area contributed by atoms with Crippen LogP contribution in [0, 0.1) is 0 Å². The number of fused-ring (bicyclic) bond motifs is 1. The highest BCUT2D eigenvalue weighted by molar-refractivity contribution is 7.21. The van der Waals surface area contributed by atoms with Gasteiger partial charge in [0.05, 0.1) is 10.7 Å². The Bertz CT molecular complexity index is 627. The van der Waals surface area contributed by atoms with E-state index >= 15 is 0 Å². The number of thiophene rings is 1. The predicted molar refractivity (Wildman–Crippen MR) is 89.1 cm³/mol. The lowest BCUT2D eigenvalue weighted by molar-refractivity contribution is 0.0957. The molecule has 1 amide bonds. The molecule has 1 aromatic carbocycles. The van der Waals surface area contributed by atoms with Gasteiger partial charge in [-0.25, -0.2) is 0 Å². The smallest absolute Gasteiger partial charge is 0.263 e. The van der Waals surface area contributed by atoms with Crippen molar-refractivity contribution in [3.8, 4) is 0 Å². The van der Waals surface area contributed by atoms with E-state index in [-0.39, 0.29) is 12.5 Å². The van der Waals surface area contributed by atoms with E-state index < -0.39 is 0 Å². The maximum atomic E-state index is 12.2. The van der Waals surface area contributed by atoms with Crippen molar-refractivity contribution in [3.05, 3.63) is 28.1 Å². The number of aliphatic hydroxyl groups is 1. The van der Waals surface area contributed by atoms with Crippen LogP contribution in [0.15, 0.2) is 18.2 Å². The van der Waals surface area contributed by atoms with Crippen LogP contribution < -0.4 is 11.1 Å². The molecule has 0 unspecified atom stereocenters. The van der Waals surface area contributed by atoms with Crippen LogP contribution in [0.5, 0.6) is 0 Å². The average molecular weight is 327 g/mol. The molecule has 0 fully saturated rings. The molecule has 1 aromatic heterocycles. The molecule has 4 nitrogen and oxygen atoms in total. The Balaban J connectivity index is 1.97. The average Bonchev–Trinajstić information content (AvgIpc) is 2.81. The molecule has 0 bridgehead atoms. The molecular formula is C15H19ClN2O2S. The maximum Gasteiger partial charge on any atom is 0.263 e. The highest BCUT2D eigenvalue weighted by atomic mass is 35.5. The molecule has 0 aliphatic heterocycles. The van der Waals surface area contributed by atoms with Crippen molar-refractivity contribution in [2.24, 2.45) is 0 Å². The fourth-order valence-corrected chi connectivity index (χ4v) is 3.57. The SMILES string of the molecule is Nc1c(C(=O)NCCCCCCO)sc2cccc(Cl)c12. The second kappa shape index (κ2) is 7.64. The Morgan fingerprint density at radius 3 is 2.76 bits per heavy atom. The number of nitrogens with two attached hydrogens (primary N) is 1. The van der Waals surface area contributed by atoms with Crippen LogP contribution in [0.3, 0.4) is 0 Å². The Kier molecular flexibility index (Phi) is 5.85. The van der Waals surface area contributed by atoms with Gasteiger partial charge in [-0.2, -0.15) is 0 Å². The number of benzene rings is 1. The van der Waals surface area contributed by atoms with E-state index in [9.17, 15) is 4.79 Å². The summed E-state index contributed by atoms with van der Waals surface area (Å²) in [5.41, 5.74) is 6.50. The van der Waals surface area contributed by atoms with Gasteiger partial charge < -0.3 is 16.2 Å². The maximum absolute atomic E-state index is 12.2. The Morgan fingerprint density at radius 2 is 2.05 bits per heavy atom. The minimum atomic E-state index is -0.146. The fraction of sp³-hybridized carbons (Fsp3) is 0.400. The topological polar surface area (TPSA) is 75.4 Å². The van der Waals surface area contributed by atoms with Crippen LogP contribution in [0.4, 0.5) is 5.69 Å². The first-order chi connectivity index (χ1) is 10.1. The summed E-state index contributed by atoms with van der Waals surface area (Å²) in [5.74, 6) is -0.146. The third-order valence-corrected chi connectivity index (χ3v) is 4.76. The number of nitrogen functional groups attached to an aromatic ring is 1. The lowest BCUT2D eigenvalue weighted by Crippen LogP contribution is -2.24. The number of hydrogen-bond acceptors (Lipinski definition) is 4. The molecular weight excluding hydrogens is 308 g/mol. The summed E-state index contributed by atoms with van der Waals surface area (Å²) in [6.07, 6.45) is 3.69. The van der Waals surface area contributed by atoms with Crippen LogP contribution in [0.1, 0.15) is 35.4 Å². The molecule has 0 atom stereocenters. The van der Waals surface area contributed by atoms with E-state index in [4.69, 9.17) is 22.4 Å². The standard InChI is InChI=1S/C15H19ClN2O2S/c16-10-6-5-7-11-12(10)13(17)14(21-11)15(20)18-8-3-1-2-4-9-19/h5-7,19H,1-4,8-9,17H2,(H,18,20). The Labute approximate surface area is 132 Å². The van der Waals surface area contributed by atoms with Crippen molar-refractivity contribution in [1.29, 1.82) is 0 Å². The number of nitrogens with one attached hydrogen (secondary N) is 1. The number of unbranched alkanes of at least 4 members (excludes halogenated alkanes) is 3. The third kappa shape index (κ3) is 3.87. The number of rotatable bonds is 7. The number of halogens is 1. The number of aliphatic hydroxyl groups excluding tert-OH is 1. The van der Waals surface area contributed by atoms with Gasteiger partial charge in [0.25, 0.3) is 5.91 Å². The molecule has 0 aliphatic carbocycles. The largest absolute Gasteiger partial charge is 0.397 e. The highest BCUT2D eigenvalue weighted by Gasteiger charge is 2.17. The van der Waals surface area contributed by atoms with Crippen LogP contribution in [0.25, 0.3) is 10.1 Å². The zero-order valence-corrected chi connectivity index (χ0v) is 13.3. The second-order valence-corrected chi connectivity index (χ2v) is 6.31. The number of carbonyl (C=O) groups is 1. The van der Waals surface area contributed by atoms with E-state index in [0.717, 1.165) is 35.8 Å². The Morgan fingerprint density at radius 1 is 1.29 bits per heavy atom. The molecule has 0 spiro atoms. The first kappa shape index (κ1) is 16.1. The molecule has 0 saturated heterocycles. The number of anilines is 1. The molecule has 114 valence electrons. The molecule has 2 rings (SSSR count). The molecule has 0 aliphatic rings. The molecule has 0 saturated carbocycles. The zero-order valence-electron chi connectivity index (χ0n) is 11.7. The van der Waals surface area contributed by atoms with Crippen molar-refractivity contribution in [1.82, 2.24) is 5.32 Å². The van der Waals surface area contributed by atoms with Crippen molar-refractivity contribution in [3.63, 3.8) is 0 Å². The monoisotopic (exact) mass is 326 g/mol. The van der Waals surface area contributed by atoms with Gasteiger partial charge in [0.1, 0.15) is 4.88 Å². The third-order valence-electron chi connectivity index (χ3n) is 3.28. The van der Waals surface area contributed by atoms with Crippen molar-refractivity contribution in [2.75, 3.05) is 18.9 Å². The van der Waals surface area contributed by atoms with Crippen LogP contribution in [-0.2, 0) is 0 Å². The van der Waals surface area contributed by atoms with Gasteiger partial charge in [0.15, 0.2) is 0 Å². The summed E-state index contributed by atoms with van der Waals surface area (Å²) in [6.45, 7) is 0.844. The summed E-state index contributed by atoms with van der Waals surface area (Å²) >= 11 is 7.49. The summed E-state index contributed by atoms with van der Waals surface area (Å²) in [5, 5.41) is 12.9. The van der Waals surface area contributed by atoms with Crippen LogP contribution in [-0.4, -0.2) is 24.2 Å². The Hall–Kier alpha value is -1.30. The minimum Gasteiger partial charge on any atom is -0.397 e. The van der Waals surface area contributed by atoms with E-state index in [0.29, 0.717) is 22.1 Å².